The lowest BCUT2D eigenvalue weighted by molar-refractivity contribution is 0.0954. The first kappa shape index (κ1) is 17.5. The first-order valence-electron chi connectivity index (χ1n) is 9.18. The number of pyridine rings is 1. The molecule has 3 heterocycles. The van der Waals surface area contributed by atoms with Crippen molar-refractivity contribution in [2.24, 2.45) is 7.05 Å². The fourth-order valence-electron chi connectivity index (χ4n) is 3.34. The van der Waals surface area contributed by atoms with Gasteiger partial charge in [-0.25, -0.2) is 4.98 Å². The quantitative estimate of drug-likeness (QED) is 0.746. The highest BCUT2D eigenvalue weighted by molar-refractivity contribution is 5.97. The molecule has 27 heavy (non-hydrogen) atoms. The van der Waals surface area contributed by atoms with Gasteiger partial charge in [0, 0.05) is 44.6 Å². The van der Waals surface area contributed by atoms with Gasteiger partial charge in [-0.05, 0) is 36.2 Å². The molecule has 1 N–H and O–H groups in total. The van der Waals surface area contributed by atoms with Crippen molar-refractivity contribution in [1.82, 2.24) is 19.9 Å². The third kappa shape index (κ3) is 3.78. The number of imidazole rings is 1. The molecule has 1 aliphatic heterocycles. The van der Waals surface area contributed by atoms with E-state index in [1.54, 1.807) is 6.20 Å². The van der Waals surface area contributed by atoms with Crippen molar-refractivity contribution < 1.29 is 9.53 Å². The van der Waals surface area contributed by atoms with Gasteiger partial charge in [-0.3, -0.25) is 9.78 Å². The molecule has 0 atom stereocenters. The van der Waals surface area contributed by atoms with Gasteiger partial charge in [-0.15, -0.1) is 0 Å². The van der Waals surface area contributed by atoms with E-state index in [0.717, 1.165) is 42.1 Å². The number of amides is 1. The first-order valence-corrected chi connectivity index (χ1v) is 9.18. The third-order valence-electron chi connectivity index (χ3n) is 4.84. The van der Waals surface area contributed by atoms with Gasteiger partial charge in [0.05, 0.1) is 24.2 Å². The standard InChI is InChI=1S/C20H23N5O2/c1-24-18-5-4-16(19(26)22-8-6-15-3-2-7-21-14-15)13-17(18)23-20(24)25-9-11-27-12-10-25/h2-5,7,13-14H,6,8-12H2,1H3,(H,22,26). The highest BCUT2D eigenvalue weighted by atomic mass is 16.5. The van der Waals surface area contributed by atoms with Crippen molar-refractivity contribution >= 4 is 22.9 Å². The summed E-state index contributed by atoms with van der Waals surface area (Å²) >= 11 is 0. The van der Waals surface area contributed by atoms with Crippen LogP contribution < -0.4 is 10.2 Å². The average molecular weight is 365 g/mol. The number of hydrogen-bond acceptors (Lipinski definition) is 5. The lowest BCUT2D eigenvalue weighted by atomic mass is 10.1. The lowest BCUT2D eigenvalue weighted by Crippen LogP contribution is -2.37. The molecule has 0 bridgehead atoms. The molecule has 0 saturated carbocycles. The lowest BCUT2D eigenvalue weighted by Gasteiger charge is -2.27. The molecule has 0 spiro atoms. The van der Waals surface area contributed by atoms with E-state index in [0.29, 0.717) is 25.3 Å². The number of nitrogens with zero attached hydrogens (tertiary/aromatic N) is 4. The van der Waals surface area contributed by atoms with E-state index in [2.05, 4.69) is 19.8 Å². The van der Waals surface area contributed by atoms with E-state index < -0.39 is 0 Å². The molecule has 0 radical (unpaired) electrons. The van der Waals surface area contributed by atoms with Crippen LogP contribution in [0.4, 0.5) is 5.95 Å². The van der Waals surface area contributed by atoms with Gasteiger partial charge >= 0.3 is 0 Å². The van der Waals surface area contributed by atoms with E-state index in [1.165, 1.54) is 0 Å². The second kappa shape index (κ2) is 7.75. The van der Waals surface area contributed by atoms with Crippen LogP contribution in [0.2, 0.25) is 0 Å². The van der Waals surface area contributed by atoms with Crippen molar-refractivity contribution in [2.45, 2.75) is 6.42 Å². The normalized spacial score (nSPS) is 14.5. The summed E-state index contributed by atoms with van der Waals surface area (Å²) in [5.41, 5.74) is 3.58. The largest absolute Gasteiger partial charge is 0.378 e. The van der Waals surface area contributed by atoms with Crippen molar-refractivity contribution in [3.05, 3.63) is 53.9 Å². The minimum absolute atomic E-state index is 0.0839. The van der Waals surface area contributed by atoms with Gasteiger partial charge in [0.2, 0.25) is 5.95 Å². The summed E-state index contributed by atoms with van der Waals surface area (Å²) in [5, 5.41) is 2.97. The Labute approximate surface area is 158 Å². The molecular weight excluding hydrogens is 342 g/mol. The molecule has 0 unspecified atom stereocenters. The Bertz CT molecular complexity index is 932. The van der Waals surface area contributed by atoms with E-state index in [9.17, 15) is 4.79 Å². The molecule has 1 amide bonds. The molecule has 4 rings (SSSR count). The smallest absolute Gasteiger partial charge is 0.251 e. The van der Waals surface area contributed by atoms with E-state index in [-0.39, 0.29) is 5.91 Å². The van der Waals surface area contributed by atoms with Gasteiger partial charge in [0.1, 0.15) is 0 Å². The molecule has 7 nitrogen and oxygen atoms in total. The van der Waals surface area contributed by atoms with E-state index in [4.69, 9.17) is 9.72 Å². The van der Waals surface area contributed by atoms with Gasteiger partial charge in [-0.1, -0.05) is 6.07 Å². The Balaban J connectivity index is 1.46. The van der Waals surface area contributed by atoms with E-state index >= 15 is 0 Å². The number of nitrogens with one attached hydrogen (secondary N) is 1. The van der Waals surface area contributed by atoms with Crippen LogP contribution in [0.3, 0.4) is 0 Å². The molecule has 1 fully saturated rings. The maximum Gasteiger partial charge on any atom is 0.251 e. The van der Waals surface area contributed by atoms with Gasteiger partial charge in [0.25, 0.3) is 5.91 Å². The highest BCUT2D eigenvalue weighted by Gasteiger charge is 2.18. The Morgan fingerprint density at radius 1 is 1.26 bits per heavy atom. The van der Waals surface area contributed by atoms with Crippen LogP contribution in [0.5, 0.6) is 0 Å². The molecule has 140 valence electrons. The van der Waals surface area contributed by atoms with Crippen LogP contribution in [0, 0.1) is 0 Å². The summed E-state index contributed by atoms with van der Waals surface area (Å²) in [6.45, 7) is 3.67. The third-order valence-corrected chi connectivity index (χ3v) is 4.84. The Hall–Kier alpha value is -2.93. The molecule has 2 aromatic heterocycles. The van der Waals surface area contributed by atoms with Crippen LogP contribution in [0.25, 0.3) is 11.0 Å². The minimum Gasteiger partial charge on any atom is -0.378 e. The summed E-state index contributed by atoms with van der Waals surface area (Å²) in [5.74, 6) is 0.835. The fraction of sp³-hybridized carbons (Fsp3) is 0.350. The van der Waals surface area contributed by atoms with Gasteiger partial charge in [-0.2, -0.15) is 0 Å². The number of fused-ring (bicyclic) bond motifs is 1. The summed E-state index contributed by atoms with van der Waals surface area (Å²) in [4.78, 5) is 23.5. The Morgan fingerprint density at radius 2 is 2.11 bits per heavy atom. The number of rotatable bonds is 5. The first-order chi connectivity index (χ1) is 13.2. The summed E-state index contributed by atoms with van der Waals surface area (Å²) in [6.07, 6.45) is 4.32. The van der Waals surface area contributed by atoms with Crippen molar-refractivity contribution in [3.63, 3.8) is 0 Å². The number of carbonyl (C=O) groups is 1. The number of carbonyl (C=O) groups excluding carboxylic acids is 1. The highest BCUT2D eigenvalue weighted by Crippen LogP contribution is 2.23. The molecule has 0 aliphatic carbocycles. The number of morpholine rings is 1. The van der Waals surface area contributed by atoms with Crippen LogP contribution in [0.1, 0.15) is 15.9 Å². The Kier molecular flexibility index (Phi) is 5.02. The number of aryl methyl sites for hydroxylation is 1. The van der Waals surface area contributed by atoms with E-state index in [1.807, 2.05) is 43.6 Å². The zero-order chi connectivity index (χ0) is 18.6. The van der Waals surface area contributed by atoms with Crippen LogP contribution in [-0.2, 0) is 18.2 Å². The van der Waals surface area contributed by atoms with Gasteiger partial charge < -0.3 is 19.5 Å². The minimum atomic E-state index is -0.0839. The number of anilines is 1. The van der Waals surface area contributed by atoms with Crippen LogP contribution >= 0.6 is 0 Å². The predicted octanol–water partition coefficient (Wildman–Crippen LogP) is 1.78. The number of hydrogen-bond donors (Lipinski definition) is 1. The van der Waals surface area contributed by atoms with Crippen molar-refractivity contribution in [2.75, 3.05) is 37.7 Å². The molecule has 1 aliphatic rings. The molecule has 1 saturated heterocycles. The SMILES string of the molecule is Cn1c(N2CCOCC2)nc2cc(C(=O)NCCc3cccnc3)ccc21. The zero-order valence-corrected chi connectivity index (χ0v) is 15.4. The summed E-state index contributed by atoms with van der Waals surface area (Å²) in [7, 11) is 2.01. The van der Waals surface area contributed by atoms with Crippen LogP contribution in [0.15, 0.2) is 42.7 Å². The number of ether oxygens (including phenoxy) is 1. The monoisotopic (exact) mass is 365 g/mol. The fourth-order valence-corrected chi connectivity index (χ4v) is 3.34. The maximum atomic E-state index is 12.5. The number of aromatic nitrogens is 3. The second-order valence-electron chi connectivity index (χ2n) is 6.64. The van der Waals surface area contributed by atoms with Crippen molar-refractivity contribution in [1.29, 1.82) is 0 Å². The summed E-state index contributed by atoms with van der Waals surface area (Å²) < 4.78 is 7.49. The summed E-state index contributed by atoms with van der Waals surface area (Å²) in [6, 6.07) is 9.58. The zero-order valence-electron chi connectivity index (χ0n) is 15.4. The molecule has 3 aromatic rings. The molecule has 1 aromatic carbocycles. The molecular formula is C20H23N5O2. The average Bonchev–Trinajstić information content (AvgIpc) is 3.05. The topological polar surface area (TPSA) is 72.3 Å². The maximum absolute atomic E-state index is 12.5. The molecule has 7 heteroatoms. The predicted molar refractivity (Wildman–Crippen MR) is 104 cm³/mol. The second-order valence-corrected chi connectivity index (χ2v) is 6.64. The Morgan fingerprint density at radius 3 is 2.89 bits per heavy atom. The van der Waals surface area contributed by atoms with Crippen molar-refractivity contribution in [3.8, 4) is 0 Å². The van der Waals surface area contributed by atoms with Crippen LogP contribution in [-0.4, -0.2) is 53.3 Å². The van der Waals surface area contributed by atoms with Gasteiger partial charge in [0.15, 0.2) is 0 Å². The number of benzene rings is 1.